The van der Waals surface area contributed by atoms with Crippen molar-refractivity contribution >= 4 is 0 Å². The lowest BCUT2D eigenvalue weighted by Crippen LogP contribution is -1.94. The fourth-order valence-electron chi connectivity index (χ4n) is 1.46. The molecule has 0 spiro atoms. The molecule has 9 heavy (non-hydrogen) atoms. The van der Waals surface area contributed by atoms with E-state index in [0.717, 1.165) is 11.8 Å². The normalized spacial score (nSPS) is 21.1. The Labute approximate surface area is 58.0 Å². The molecule has 1 saturated carbocycles. The fourth-order valence-corrected chi connectivity index (χ4v) is 1.46. The molecule has 0 aliphatic heterocycles. The van der Waals surface area contributed by atoms with Crippen LogP contribution in [0, 0.1) is 11.8 Å². The highest BCUT2D eigenvalue weighted by atomic mass is 14.3. The maximum Gasteiger partial charge on any atom is -0.0200 e. The summed E-state index contributed by atoms with van der Waals surface area (Å²) in [6.45, 7) is 6.73. The number of hydrogen-bond acceptors (Lipinski definition) is 0. The standard InChI is InChI=1S/C9H16/c1-4-9(7(2)3)8-5-6-8/h4,7-8H,5-6H2,1-3H3. The molecule has 0 bridgehead atoms. The fraction of sp³-hybridized carbons (Fsp3) is 0.778. The molecule has 0 amide bonds. The monoisotopic (exact) mass is 124 g/mol. The zero-order chi connectivity index (χ0) is 6.85. The van der Waals surface area contributed by atoms with Gasteiger partial charge in [0.25, 0.3) is 0 Å². The van der Waals surface area contributed by atoms with Crippen LogP contribution in [0.4, 0.5) is 0 Å². The van der Waals surface area contributed by atoms with Crippen molar-refractivity contribution in [1.29, 1.82) is 0 Å². The molecule has 1 fully saturated rings. The van der Waals surface area contributed by atoms with E-state index >= 15 is 0 Å². The minimum absolute atomic E-state index is 0.780. The Balaban J connectivity index is 2.48. The summed E-state index contributed by atoms with van der Waals surface area (Å²) in [7, 11) is 0. The van der Waals surface area contributed by atoms with Crippen LogP contribution in [0.25, 0.3) is 0 Å². The molecule has 1 aliphatic rings. The molecule has 1 aliphatic carbocycles. The SMILES string of the molecule is CC=C(C(C)C)C1CC1. The molecule has 0 aromatic rings. The van der Waals surface area contributed by atoms with Crippen LogP contribution in [0.2, 0.25) is 0 Å². The third kappa shape index (κ3) is 1.57. The van der Waals surface area contributed by atoms with E-state index in [1.165, 1.54) is 12.8 Å². The molecule has 0 N–H and O–H groups in total. The Morgan fingerprint density at radius 2 is 2.00 bits per heavy atom. The van der Waals surface area contributed by atoms with Gasteiger partial charge in [-0.05, 0) is 31.6 Å². The van der Waals surface area contributed by atoms with Gasteiger partial charge in [-0.15, -0.1) is 0 Å². The average Bonchev–Trinajstić information content (AvgIpc) is 2.50. The van der Waals surface area contributed by atoms with Crippen LogP contribution in [-0.2, 0) is 0 Å². The molecule has 0 saturated heterocycles. The molecular formula is C9H16. The summed E-state index contributed by atoms with van der Waals surface area (Å²) in [6, 6.07) is 0. The lowest BCUT2D eigenvalue weighted by Gasteiger charge is -2.07. The third-order valence-electron chi connectivity index (χ3n) is 2.05. The van der Waals surface area contributed by atoms with Gasteiger partial charge < -0.3 is 0 Å². The van der Waals surface area contributed by atoms with Crippen molar-refractivity contribution in [1.82, 2.24) is 0 Å². The molecule has 0 nitrogen and oxygen atoms in total. The summed E-state index contributed by atoms with van der Waals surface area (Å²) in [6.07, 6.45) is 5.18. The maximum atomic E-state index is 2.29. The van der Waals surface area contributed by atoms with Gasteiger partial charge in [-0.25, -0.2) is 0 Å². The van der Waals surface area contributed by atoms with Gasteiger partial charge in [0.05, 0.1) is 0 Å². The summed E-state index contributed by atoms with van der Waals surface area (Å²) in [4.78, 5) is 0. The Bertz CT molecular complexity index is 112. The molecule has 0 aromatic heterocycles. The van der Waals surface area contributed by atoms with Gasteiger partial charge in [0.2, 0.25) is 0 Å². The largest absolute Gasteiger partial charge is 0.0879 e. The van der Waals surface area contributed by atoms with E-state index in [1.54, 1.807) is 5.57 Å². The van der Waals surface area contributed by atoms with Crippen LogP contribution in [0.1, 0.15) is 33.6 Å². The van der Waals surface area contributed by atoms with E-state index in [1.807, 2.05) is 0 Å². The second-order valence-electron chi connectivity index (χ2n) is 3.22. The van der Waals surface area contributed by atoms with Crippen molar-refractivity contribution in [3.8, 4) is 0 Å². The number of allylic oxidation sites excluding steroid dienone is 2. The van der Waals surface area contributed by atoms with Crippen LogP contribution in [-0.4, -0.2) is 0 Å². The molecule has 0 heterocycles. The van der Waals surface area contributed by atoms with Crippen LogP contribution in [0.3, 0.4) is 0 Å². The molecule has 52 valence electrons. The topological polar surface area (TPSA) is 0 Å². The Morgan fingerprint density at radius 1 is 1.44 bits per heavy atom. The van der Waals surface area contributed by atoms with E-state index in [4.69, 9.17) is 0 Å². The highest BCUT2D eigenvalue weighted by molar-refractivity contribution is 5.13. The number of rotatable bonds is 2. The quantitative estimate of drug-likeness (QED) is 0.496. The van der Waals surface area contributed by atoms with Gasteiger partial charge in [-0.3, -0.25) is 0 Å². The van der Waals surface area contributed by atoms with Crippen molar-refractivity contribution in [2.75, 3.05) is 0 Å². The number of hydrogen-bond donors (Lipinski definition) is 0. The first kappa shape index (κ1) is 6.85. The summed E-state index contributed by atoms with van der Waals surface area (Å²) in [5.41, 5.74) is 1.68. The summed E-state index contributed by atoms with van der Waals surface area (Å²) < 4.78 is 0. The van der Waals surface area contributed by atoms with Gasteiger partial charge in [0.1, 0.15) is 0 Å². The Morgan fingerprint density at radius 3 is 2.11 bits per heavy atom. The minimum atomic E-state index is 0.780. The summed E-state index contributed by atoms with van der Waals surface area (Å²) >= 11 is 0. The lowest BCUT2D eigenvalue weighted by molar-refractivity contribution is 0.702. The molecule has 0 aromatic carbocycles. The molecular weight excluding hydrogens is 108 g/mol. The first-order chi connectivity index (χ1) is 4.25. The van der Waals surface area contributed by atoms with E-state index in [-0.39, 0.29) is 0 Å². The molecule has 0 atom stereocenters. The molecule has 0 heteroatoms. The summed E-state index contributed by atoms with van der Waals surface area (Å²) in [5.74, 6) is 1.75. The average molecular weight is 124 g/mol. The van der Waals surface area contributed by atoms with Crippen LogP contribution < -0.4 is 0 Å². The first-order valence-corrected chi connectivity index (χ1v) is 3.91. The van der Waals surface area contributed by atoms with Gasteiger partial charge in [0, 0.05) is 0 Å². The zero-order valence-corrected chi connectivity index (χ0v) is 6.65. The van der Waals surface area contributed by atoms with Crippen molar-refractivity contribution in [3.63, 3.8) is 0 Å². The molecule has 0 radical (unpaired) electrons. The molecule has 0 unspecified atom stereocenters. The maximum absolute atomic E-state index is 2.29. The Kier molecular flexibility index (Phi) is 1.94. The van der Waals surface area contributed by atoms with Crippen molar-refractivity contribution in [2.45, 2.75) is 33.6 Å². The highest BCUT2D eigenvalue weighted by Crippen LogP contribution is 2.39. The minimum Gasteiger partial charge on any atom is -0.0879 e. The first-order valence-electron chi connectivity index (χ1n) is 3.91. The Hall–Kier alpha value is -0.260. The van der Waals surface area contributed by atoms with Gasteiger partial charge in [-0.1, -0.05) is 25.5 Å². The van der Waals surface area contributed by atoms with Crippen LogP contribution in [0.15, 0.2) is 11.6 Å². The van der Waals surface area contributed by atoms with E-state index < -0.39 is 0 Å². The predicted octanol–water partition coefficient (Wildman–Crippen LogP) is 3.00. The van der Waals surface area contributed by atoms with Crippen LogP contribution in [0.5, 0.6) is 0 Å². The molecule has 1 rings (SSSR count). The second kappa shape index (κ2) is 2.55. The van der Waals surface area contributed by atoms with Crippen molar-refractivity contribution < 1.29 is 0 Å². The van der Waals surface area contributed by atoms with E-state index in [0.29, 0.717) is 0 Å². The van der Waals surface area contributed by atoms with E-state index in [2.05, 4.69) is 26.8 Å². The smallest absolute Gasteiger partial charge is 0.0200 e. The predicted molar refractivity (Wildman–Crippen MR) is 41.3 cm³/mol. The van der Waals surface area contributed by atoms with Crippen molar-refractivity contribution in [2.24, 2.45) is 11.8 Å². The van der Waals surface area contributed by atoms with Gasteiger partial charge in [-0.2, -0.15) is 0 Å². The second-order valence-corrected chi connectivity index (χ2v) is 3.22. The van der Waals surface area contributed by atoms with E-state index in [9.17, 15) is 0 Å². The zero-order valence-electron chi connectivity index (χ0n) is 6.65. The van der Waals surface area contributed by atoms with Gasteiger partial charge >= 0.3 is 0 Å². The lowest BCUT2D eigenvalue weighted by atomic mass is 9.99. The highest BCUT2D eigenvalue weighted by Gasteiger charge is 2.26. The third-order valence-corrected chi connectivity index (χ3v) is 2.05. The van der Waals surface area contributed by atoms with Crippen LogP contribution >= 0.6 is 0 Å². The summed E-state index contributed by atoms with van der Waals surface area (Å²) in [5, 5.41) is 0. The van der Waals surface area contributed by atoms with Gasteiger partial charge in [0.15, 0.2) is 0 Å². The van der Waals surface area contributed by atoms with Crippen molar-refractivity contribution in [3.05, 3.63) is 11.6 Å².